The highest BCUT2D eigenvalue weighted by atomic mass is 14.9. The van der Waals surface area contributed by atoms with Gasteiger partial charge in [0.25, 0.3) is 0 Å². The van der Waals surface area contributed by atoms with Crippen LogP contribution in [-0.2, 0) is 0 Å². The molecule has 0 aliphatic heterocycles. The lowest BCUT2D eigenvalue weighted by Gasteiger charge is -2.21. The molecular weight excluding hydrogens is 194 g/mol. The summed E-state index contributed by atoms with van der Waals surface area (Å²) in [5, 5.41) is 3.61. The lowest BCUT2D eigenvalue weighted by Crippen LogP contribution is -2.27. The van der Waals surface area contributed by atoms with Gasteiger partial charge in [-0.15, -0.1) is 0 Å². The largest absolute Gasteiger partial charge is 0.308 e. The molecule has 0 fully saturated rings. The van der Waals surface area contributed by atoms with Crippen molar-refractivity contribution in [2.45, 2.75) is 59.0 Å². The Morgan fingerprint density at radius 3 is 2.19 bits per heavy atom. The maximum Gasteiger partial charge on any atom is 0.0319 e. The average Bonchev–Trinajstić information content (AvgIpc) is 2.25. The minimum absolute atomic E-state index is 0.485. The van der Waals surface area contributed by atoms with Crippen LogP contribution in [0.2, 0.25) is 0 Å². The van der Waals surface area contributed by atoms with E-state index in [1.54, 1.807) is 0 Å². The third-order valence-corrected chi connectivity index (χ3v) is 2.92. The molecule has 0 saturated carbocycles. The van der Waals surface area contributed by atoms with E-state index in [-0.39, 0.29) is 0 Å². The second-order valence-electron chi connectivity index (χ2n) is 5.11. The predicted molar refractivity (Wildman–Crippen MR) is 71.8 cm³/mol. The van der Waals surface area contributed by atoms with Gasteiger partial charge in [0.1, 0.15) is 0 Å². The van der Waals surface area contributed by atoms with E-state index in [4.69, 9.17) is 0 Å². The summed E-state index contributed by atoms with van der Waals surface area (Å²) in [6.07, 6.45) is 1.14. The van der Waals surface area contributed by atoms with Gasteiger partial charge >= 0.3 is 0 Å². The molecule has 90 valence electrons. The van der Waals surface area contributed by atoms with Crippen molar-refractivity contribution in [2.24, 2.45) is 0 Å². The van der Waals surface area contributed by atoms with Crippen LogP contribution >= 0.6 is 0 Å². The van der Waals surface area contributed by atoms with E-state index in [1.807, 2.05) is 0 Å². The molecule has 1 N–H and O–H groups in total. The summed E-state index contributed by atoms with van der Waals surface area (Å²) in [7, 11) is 0. The normalized spacial score (nSPS) is 13.4. The minimum atomic E-state index is 0.485. The predicted octanol–water partition coefficient (Wildman–Crippen LogP) is 4.26. The van der Waals surface area contributed by atoms with Gasteiger partial charge < -0.3 is 5.32 Å². The Kier molecular flexibility index (Phi) is 5.01. The van der Waals surface area contributed by atoms with Gasteiger partial charge in [0.05, 0.1) is 0 Å². The van der Waals surface area contributed by atoms with Crippen LogP contribution in [0.4, 0.5) is 0 Å². The first-order valence-electron chi connectivity index (χ1n) is 6.40. The van der Waals surface area contributed by atoms with E-state index in [2.05, 4.69) is 64.2 Å². The maximum absolute atomic E-state index is 3.61. The Morgan fingerprint density at radius 2 is 1.69 bits per heavy atom. The molecule has 0 aliphatic carbocycles. The van der Waals surface area contributed by atoms with Gasteiger partial charge in [-0.3, -0.25) is 0 Å². The molecule has 0 heterocycles. The molecule has 1 atom stereocenters. The molecule has 0 aliphatic rings. The number of hydrogen-bond donors (Lipinski definition) is 1. The molecule has 0 amide bonds. The summed E-state index contributed by atoms with van der Waals surface area (Å²) in [6.45, 7) is 11.1. The highest BCUT2D eigenvalue weighted by molar-refractivity contribution is 5.28. The van der Waals surface area contributed by atoms with Crippen LogP contribution in [0, 0.1) is 0 Å². The molecule has 0 bridgehead atoms. The zero-order valence-corrected chi connectivity index (χ0v) is 11.2. The Balaban J connectivity index is 2.87. The van der Waals surface area contributed by atoms with Crippen LogP contribution in [0.1, 0.15) is 64.1 Å². The van der Waals surface area contributed by atoms with Crippen LogP contribution in [0.3, 0.4) is 0 Å². The smallest absolute Gasteiger partial charge is 0.0319 e. The molecule has 1 nitrogen and oxygen atoms in total. The van der Waals surface area contributed by atoms with Crippen molar-refractivity contribution in [2.75, 3.05) is 0 Å². The van der Waals surface area contributed by atoms with Gasteiger partial charge in [0.15, 0.2) is 0 Å². The molecule has 1 aromatic carbocycles. The van der Waals surface area contributed by atoms with Crippen LogP contribution in [0.5, 0.6) is 0 Å². The van der Waals surface area contributed by atoms with Crippen molar-refractivity contribution in [1.29, 1.82) is 0 Å². The fourth-order valence-corrected chi connectivity index (χ4v) is 1.99. The lowest BCUT2D eigenvalue weighted by atomic mass is 9.96. The van der Waals surface area contributed by atoms with Gasteiger partial charge in [-0.05, 0) is 23.5 Å². The van der Waals surface area contributed by atoms with E-state index in [0.717, 1.165) is 6.42 Å². The first-order valence-corrected chi connectivity index (χ1v) is 6.40. The van der Waals surface area contributed by atoms with Crippen LogP contribution in [0.15, 0.2) is 24.3 Å². The average molecular weight is 219 g/mol. The summed E-state index contributed by atoms with van der Waals surface area (Å²) < 4.78 is 0. The van der Waals surface area contributed by atoms with Crippen molar-refractivity contribution in [1.82, 2.24) is 5.32 Å². The Morgan fingerprint density at radius 1 is 1.06 bits per heavy atom. The van der Waals surface area contributed by atoms with E-state index in [0.29, 0.717) is 18.0 Å². The van der Waals surface area contributed by atoms with E-state index >= 15 is 0 Å². The summed E-state index contributed by atoms with van der Waals surface area (Å²) in [5.41, 5.74) is 2.85. The zero-order valence-electron chi connectivity index (χ0n) is 11.2. The Hall–Kier alpha value is -0.820. The molecule has 1 heteroatoms. The Labute approximate surface area is 100 Å². The monoisotopic (exact) mass is 219 g/mol. The van der Waals surface area contributed by atoms with Crippen LogP contribution in [0.25, 0.3) is 0 Å². The molecule has 0 radical (unpaired) electrons. The van der Waals surface area contributed by atoms with Crippen molar-refractivity contribution in [3.8, 4) is 0 Å². The first kappa shape index (κ1) is 13.2. The third kappa shape index (κ3) is 3.64. The van der Waals surface area contributed by atoms with Crippen molar-refractivity contribution < 1.29 is 0 Å². The highest BCUT2D eigenvalue weighted by Gasteiger charge is 2.11. The number of benzene rings is 1. The molecule has 0 spiro atoms. The standard InChI is InChI=1S/C15H25N/c1-6-15(16-12(4)5)14-9-7-8-13(10-14)11(2)3/h7-12,15-16H,6H2,1-5H3. The topological polar surface area (TPSA) is 12.0 Å². The van der Waals surface area contributed by atoms with Crippen LogP contribution < -0.4 is 5.32 Å². The summed E-state index contributed by atoms with van der Waals surface area (Å²) >= 11 is 0. The van der Waals surface area contributed by atoms with Crippen molar-refractivity contribution in [3.63, 3.8) is 0 Å². The Bertz CT molecular complexity index is 315. The molecule has 1 unspecified atom stereocenters. The van der Waals surface area contributed by atoms with E-state index in [1.165, 1.54) is 11.1 Å². The zero-order chi connectivity index (χ0) is 12.1. The van der Waals surface area contributed by atoms with Crippen LogP contribution in [-0.4, -0.2) is 6.04 Å². The third-order valence-electron chi connectivity index (χ3n) is 2.92. The molecule has 16 heavy (non-hydrogen) atoms. The lowest BCUT2D eigenvalue weighted by molar-refractivity contribution is 0.466. The molecule has 0 saturated heterocycles. The summed E-state index contributed by atoms with van der Waals surface area (Å²) in [4.78, 5) is 0. The van der Waals surface area contributed by atoms with Gasteiger partial charge in [-0.25, -0.2) is 0 Å². The first-order chi connectivity index (χ1) is 7.54. The fraction of sp³-hybridized carbons (Fsp3) is 0.600. The molecular formula is C15H25N. The molecule has 1 aromatic rings. The number of hydrogen-bond acceptors (Lipinski definition) is 1. The van der Waals surface area contributed by atoms with Crippen molar-refractivity contribution in [3.05, 3.63) is 35.4 Å². The van der Waals surface area contributed by atoms with Gasteiger partial charge in [-0.1, -0.05) is 58.9 Å². The van der Waals surface area contributed by atoms with E-state index < -0.39 is 0 Å². The van der Waals surface area contributed by atoms with Gasteiger partial charge in [0, 0.05) is 12.1 Å². The summed E-state index contributed by atoms with van der Waals surface area (Å²) in [5.74, 6) is 0.608. The molecule has 1 rings (SSSR count). The highest BCUT2D eigenvalue weighted by Crippen LogP contribution is 2.22. The maximum atomic E-state index is 3.61. The van der Waals surface area contributed by atoms with Gasteiger partial charge in [0.2, 0.25) is 0 Å². The summed E-state index contributed by atoms with van der Waals surface area (Å²) in [6, 6.07) is 9.99. The molecule has 0 aromatic heterocycles. The minimum Gasteiger partial charge on any atom is -0.308 e. The quantitative estimate of drug-likeness (QED) is 0.780. The SMILES string of the molecule is CCC(NC(C)C)c1cccc(C(C)C)c1. The second-order valence-corrected chi connectivity index (χ2v) is 5.11. The fourth-order valence-electron chi connectivity index (χ4n) is 1.99. The van der Waals surface area contributed by atoms with E-state index in [9.17, 15) is 0 Å². The number of rotatable bonds is 5. The van der Waals surface area contributed by atoms with Gasteiger partial charge in [-0.2, -0.15) is 0 Å². The van der Waals surface area contributed by atoms with Crippen molar-refractivity contribution >= 4 is 0 Å². The second kappa shape index (κ2) is 6.05. The number of nitrogens with one attached hydrogen (secondary N) is 1.